The van der Waals surface area contributed by atoms with E-state index < -0.39 is 0 Å². The number of unbranched alkanes of at least 4 members (excludes halogenated alkanes) is 8. The zero-order chi connectivity index (χ0) is 32.9. The van der Waals surface area contributed by atoms with Crippen LogP contribution in [-0.4, -0.2) is 12.1 Å². The number of rotatable bonds is 11. The van der Waals surface area contributed by atoms with Gasteiger partial charge in [-0.15, -0.1) is 0 Å². The predicted octanol–water partition coefficient (Wildman–Crippen LogP) is 12.9. The first kappa shape index (κ1) is 35.5. The Labute approximate surface area is 280 Å². The molecule has 5 aliphatic carbocycles. The van der Waals surface area contributed by atoms with Crippen molar-refractivity contribution < 1.29 is 9.53 Å². The molecule has 5 rings (SSSR count). The fourth-order valence-electron chi connectivity index (χ4n) is 13.0. The molecule has 0 saturated heterocycles. The summed E-state index contributed by atoms with van der Waals surface area (Å²) < 4.78 is 6.45. The Balaban J connectivity index is 1.27. The Hall–Kier alpha value is -0.790. The second-order valence-corrected chi connectivity index (χ2v) is 19.3. The molecule has 0 aromatic heterocycles. The normalized spacial score (nSPS) is 45.4. The molecule has 0 aromatic rings. The van der Waals surface area contributed by atoms with Crippen molar-refractivity contribution in [3.8, 4) is 0 Å². The van der Waals surface area contributed by atoms with E-state index in [2.05, 4.69) is 75.3 Å². The Morgan fingerprint density at radius 2 is 1.40 bits per heavy atom. The number of ether oxygens (including phenoxy) is 1. The third-order valence-electron chi connectivity index (χ3n) is 17.2. The average molecular weight is 623 g/mol. The number of esters is 1. The van der Waals surface area contributed by atoms with Gasteiger partial charge in [0.2, 0.25) is 0 Å². The Morgan fingerprint density at radius 3 is 2.07 bits per heavy atom. The molecule has 10 atom stereocenters. The van der Waals surface area contributed by atoms with Crippen molar-refractivity contribution in [1.29, 1.82) is 0 Å². The van der Waals surface area contributed by atoms with E-state index in [4.69, 9.17) is 4.74 Å². The molecule has 0 heterocycles. The van der Waals surface area contributed by atoms with Gasteiger partial charge >= 0.3 is 5.97 Å². The van der Waals surface area contributed by atoms with Gasteiger partial charge in [0.05, 0.1) is 0 Å². The fourth-order valence-corrected chi connectivity index (χ4v) is 13.0. The van der Waals surface area contributed by atoms with Gasteiger partial charge in [-0.25, -0.2) is 0 Å². The molecule has 5 aliphatic rings. The first-order chi connectivity index (χ1) is 21.1. The summed E-state index contributed by atoms with van der Waals surface area (Å²) in [5.41, 5.74) is 3.38. The van der Waals surface area contributed by atoms with Crippen LogP contribution in [0.25, 0.3) is 0 Å². The number of carbonyl (C=O) groups is 1. The lowest BCUT2D eigenvalue weighted by Gasteiger charge is -2.74. The van der Waals surface area contributed by atoms with Crippen molar-refractivity contribution in [1.82, 2.24) is 0 Å². The molecule has 0 bridgehead atoms. The van der Waals surface area contributed by atoms with Crippen LogP contribution >= 0.6 is 0 Å². The van der Waals surface area contributed by atoms with E-state index in [1.807, 2.05) is 5.57 Å². The maximum Gasteiger partial charge on any atom is 0.306 e. The quantitative estimate of drug-likeness (QED) is 0.130. The lowest BCUT2D eigenvalue weighted by Crippen LogP contribution is -2.68. The molecule has 0 N–H and O–H groups in total. The zero-order valence-corrected chi connectivity index (χ0v) is 31.7. The van der Waals surface area contributed by atoms with Crippen LogP contribution in [0, 0.1) is 56.2 Å². The van der Waals surface area contributed by atoms with Gasteiger partial charge in [-0.1, -0.05) is 132 Å². The second-order valence-electron chi connectivity index (χ2n) is 19.3. The monoisotopic (exact) mass is 623 g/mol. The van der Waals surface area contributed by atoms with Crippen molar-refractivity contribution in [3.63, 3.8) is 0 Å². The van der Waals surface area contributed by atoms with Crippen molar-refractivity contribution >= 4 is 5.97 Å². The minimum atomic E-state index is -0.0289. The third kappa shape index (κ3) is 5.63. The van der Waals surface area contributed by atoms with Crippen LogP contribution in [0.4, 0.5) is 0 Å². The van der Waals surface area contributed by atoms with Crippen LogP contribution in [0.2, 0.25) is 0 Å². The molecule has 0 radical (unpaired) electrons. The standard InChI is InChI=1S/C43H74O2/c1-11-12-13-14-15-16-17-18-19-20-36(44)45-35-24-26-42(9)34-22-21-33-37-32(3)31(2)23-25-39(37,6)27-28-40(33,7)41(34,8)29-30-43(42,10)38(35,4)5/h21,31-32,34-35,37H,11-20,22-30H2,1-10H3/t31?,32-,34?,35-,37?,39+,40?,41+,42+,43?/m0/s1. The molecule has 258 valence electrons. The van der Waals surface area contributed by atoms with Crippen molar-refractivity contribution in [2.45, 2.75) is 197 Å². The first-order valence-corrected chi connectivity index (χ1v) is 20.0. The summed E-state index contributed by atoms with van der Waals surface area (Å²) in [7, 11) is 0. The molecule has 4 fully saturated rings. The van der Waals surface area contributed by atoms with Gasteiger partial charge in [-0.2, -0.15) is 0 Å². The number of hydrogen-bond donors (Lipinski definition) is 0. The number of hydrogen-bond acceptors (Lipinski definition) is 2. The van der Waals surface area contributed by atoms with E-state index in [0.29, 0.717) is 28.6 Å². The molecule has 5 unspecified atom stereocenters. The molecule has 2 nitrogen and oxygen atoms in total. The third-order valence-corrected chi connectivity index (χ3v) is 17.2. The van der Waals surface area contributed by atoms with E-state index in [-0.39, 0.29) is 28.3 Å². The molecular weight excluding hydrogens is 548 g/mol. The van der Waals surface area contributed by atoms with Crippen molar-refractivity contribution in [2.75, 3.05) is 0 Å². The number of fused-ring (bicyclic) bond motifs is 7. The molecule has 0 spiro atoms. The van der Waals surface area contributed by atoms with Gasteiger partial charge in [0.1, 0.15) is 6.10 Å². The highest BCUT2D eigenvalue weighted by Crippen LogP contribution is 2.78. The van der Waals surface area contributed by atoms with E-state index in [9.17, 15) is 4.79 Å². The average Bonchev–Trinajstić information content (AvgIpc) is 2.99. The van der Waals surface area contributed by atoms with Crippen LogP contribution in [0.15, 0.2) is 11.6 Å². The molecule has 45 heavy (non-hydrogen) atoms. The van der Waals surface area contributed by atoms with Crippen LogP contribution < -0.4 is 0 Å². The molecule has 0 amide bonds. The topological polar surface area (TPSA) is 26.3 Å². The minimum absolute atomic E-state index is 0.0289. The summed E-state index contributed by atoms with van der Waals surface area (Å²) in [6, 6.07) is 0. The highest BCUT2D eigenvalue weighted by atomic mass is 16.5. The lowest BCUT2D eigenvalue weighted by atomic mass is 9.30. The second kappa shape index (κ2) is 12.9. The fraction of sp³-hybridized carbons (Fsp3) is 0.930. The summed E-state index contributed by atoms with van der Waals surface area (Å²) >= 11 is 0. The van der Waals surface area contributed by atoms with Crippen LogP contribution in [0.3, 0.4) is 0 Å². The summed E-state index contributed by atoms with van der Waals surface area (Å²) in [6.45, 7) is 25.7. The number of allylic oxidation sites excluding steroid dienone is 2. The maximum atomic E-state index is 13.2. The lowest BCUT2D eigenvalue weighted by molar-refractivity contribution is -0.254. The highest BCUT2D eigenvalue weighted by Gasteiger charge is 2.72. The van der Waals surface area contributed by atoms with Gasteiger partial charge in [-0.05, 0) is 115 Å². The summed E-state index contributed by atoms with van der Waals surface area (Å²) in [4.78, 5) is 13.2. The van der Waals surface area contributed by atoms with Crippen LogP contribution in [0.5, 0.6) is 0 Å². The Kier molecular flexibility index (Phi) is 10.2. The first-order valence-electron chi connectivity index (χ1n) is 20.0. The van der Waals surface area contributed by atoms with E-state index in [1.165, 1.54) is 103 Å². The zero-order valence-electron chi connectivity index (χ0n) is 31.7. The molecule has 0 aromatic carbocycles. The summed E-state index contributed by atoms with van der Waals surface area (Å²) in [6.07, 6.45) is 26.6. The molecular formula is C43H74O2. The van der Waals surface area contributed by atoms with Crippen molar-refractivity contribution in [2.24, 2.45) is 56.2 Å². The van der Waals surface area contributed by atoms with E-state index in [0.717, 1.165) is 30.6 Å². The molecule has 4 saturated carbocycles. The molecule has 0 aliphatic heterocycles. The molecule has 2 heteroatoms. The minimum Gasteiger partial charge on any atom is -0.462 e. The van der Waals surface area contributed by atoms with Crippen molar-refractivity contribution in [3.05, 3.63) is 11.6 Å². The smallest absolute Gasteiger partial charge is 0.306 e. The van der Waals surface area contributed by atoms with E-state index in [1.54, 1.807) is 0 Å². The maximum absolute atomic E-state index is 13.2. The van der Waals surface area contributed by atoms with Gasteiger partial charge < -0.3 is 4.74 Å². The largest absolute Gasteiger partial charge is 0.462 e. The van der Waals surface area contributed by atoms with Crippen LogP contribution in [0.1, 0.15) is 191 Å². The number of carbonyl (C=O) groups excluding carboxylic acids is 1. The summed E-state index contributed by atoms with van der Waals surface area (Å²) in [5, 5.41) is 0. The SMILES string of the molecule is CCCCCCCCCCCC(=O)O[C@H]1CC[C@]2(C)C3CC=C4C5[C@@H](C)C(C)CC[C@]5(C)CCC4(C)[C@]3(C)CCC2(C)C1(C)C. The van der Waals surface area contributed by atoms with E-state index >= 15 is 0 Å². The van der Waals surface area contributed by atoms with Gasteiger partial charge in [0.15, 0.2) is 0 Å². The van der Waals surface area contributed by atoms with Gasteiger partial charge in [-0.3, -0.25) is 4.79 Å². The summed E-state index contributed by atoms with van der Waals surface area (Å²) in [5.74, 6) is 3.14. The Bertz CT molecular complexity index is 1090. The van der Waals surface area contributed by atoms with Crippen LogP contribution in [-0.2, 0) is 9.53 Å². The van der Waals surface area contributed by atoms with Gasteiger partial charge in [0, 0.05) is 11.8 Å². The highest BCUT2D eigenvalue weighted by molar-refractivity contribution is 5.69. The van der Waals surface area contributed by atoms with Gasteiger partial charge in [0.25, 0.3) is 0 Å². The Morgan fingerprint density at radius 1 is 0.756 bits per heavy atom. The predicted molar refractivity (Wildman–Crippen MR) is 191 cm³/mol.